The molecule has 0 bridgehead atoms. The highest BCUT2D eigenvalue weighted by Crippen LogP contribution is 2.28. The standard InChI is InChI=1S/C11H12ClN3O/c12-10-4-3-9(16-10)8-6-15-5-1-2-7(13)11(15)14-8/h3-4,6-7H,1-2,5,13H2. The van der Waals surface area contributed by atoms with Crippen LogP contribution in [0, 0.1) is 0 Å². The van der Waals surface area contributed by atoms with Gasteiger partial charge in [0.1, 0.15) is 11.5 Å². The Morgan fingerprint density at radius 3 is 3.06 bits per heavy atom. The number of nitrogens with zero attached hydrogens (tertiary/aromatic N) is 2. The first kappa shape index (κ1) is 9.93. The molecule has 0 saturated carbocycles. The average molecular weight is 238 g/mol. The van der Waals surface area contributed by atoms with Gasteiger partial charge in [0.2, 0.25) is 0 Å². The van der Waals surface area contributed by atoms with E-state index in [-0.39, 0.29) is 6.04 Å². The molecule has 0 fully saturated rings. The minimum atomic E-state index is 0.0351. The summed E-state index contributed by atoms with van der Waals surface area (Å²) in [7, 11) is 0. The van der Waals surface area contributed by atoms with Crippen LogP contribution in [0.4, 0.5) is 0 Å². The van der Waals surface area contributed by atoms with Crippen LogP contribution in [0.15, 0.2) is 22.7 Å². The lowest BCUT2D eigenvalue weighted by Crippen LogP contribution is -2.21. The fourth-order valence-corrected chi connectivity index (χ4v) is 2.23. The van der Waals surface area contributed by atoms with Crippen LogP contribution in [-0.4, -0.2) is 9.55 Å². The van der Waals surface area contributed by atoms with E-state index in [2.05, 4.69) is 9.55 Å². The van der Waals surface area contributed by atoms with Gasteiger partial charge in [-0.25, -0.2) is 4.98 Å². The minimum Gasteiger partial charge on any atom is -0.443 e. The number of furan rings is 1. The molecule has 0 amide bonds. The molecule has 0 aromatic carbocycles. The van der Waals surface area contributed by atoms with E-state index in [4.69, 9.17) is 21.8 Å². The summed E-state index contributed by atoms with van der Waals surface area (Å²) in [6.45, 7) is 0.977. The summed E-state index contributed by atoms with van der Waals surface area (Å²) in [6.07, 6.45) is 4.07. The number of aryl methyl sites for hydroxylation is 1. The van der Waals surface area contributed by atoms with Gasteiger partial charge in [0.15, 0.2) is 11.0 Å². The second kappa shape index (κ2) is 3.64. The number of hydrogen-bond acceptors (Lipinski definition) is 3. The first-order valence-corrected chi connectivity index (χ1v) is 5.70. The molecule has 16 heavy (non-hydrogen) atoms. The van der Waals surface area contributed by atoms with Crippen LogP contribution >= 0.6 is 11.6 Å². The highest BCUT2D eigenvalue weighted by Gasteiger charge is 2.20. The lowest BCUT2D eigenvalue weighted by Gasteiger charge is -2.19. The van der Waals surface area contributed by atoms with Crippen molar-refractivity contribution in [3.05, 3.63) is 29.4 Å². The maximum atomic E-state index is 6.00. The van der Waals surface area contributed by atoms with E-state index in [9.17, 15) is 0 Å². The molecule has 0 aliphatic carbocycles. The summed E-state index contributed by atoms with van der Waals surface area (Å²) >= 11 is 5.74. The molecular weight excluding hydrogens is 226 g/mol. The van der Waals surface area contributed by atoms with Gasteiger partial charge in [0, 0.05) is 12.7 Å². The molecule has 2 aromatic heterocycles. The summed E-state index contributed by atoms with van der Waals surface area (Å²) in [5.41, 5.74) is 6.81. The van der Waals surface area contributed by atoms with Crippen molar-refractivity contribution in [3.63, 3.8) is 0 Å². The molecule has 0 spiro atoms. The van der Waals surface area contributed by atoms with Crippen molar-refractivity contribution in [2.75, 3.05) is 0 Å². The molecule has 5 heteroatoms. The number of hydrogen-bond donors (Lipinski definition) is 1. The van der Waals surface area contributed by atoms with Gasteiger partial charge in [-0.1, -0.05) is 0 Å². The fourth-order valence-electron chi connectivity index (χ4n) is 2.09. The molecule has 0 saturated heterocycles. The van der Waals surface area contributed by atoms with Gasteiger partial charge in [-0.3, -0.25) is 0 Å². The van der Waals surface area contributed by atoms with E-state index in [0.29, 0.717) is 11.0 Å². The molecule has 2 N–H and O–H groups in total. The number of rotatable bonds is 1. The topological polar surface area (TPSA) is 57.0 Å². The second-order valence-corrected chi connectivity index (χ2v) is 4.40. The van der Waals surface area contributed by atoms with Crippen molar-refractivity contribution in [1.29, 1.82) is 0 Å². The number of imidazole rings is 1. The molecular formula is C11H12ClN3O. The normalized spacial score (nSPS) is 19.8. The number of halogens is 1. The molecule has 0 radical (unpaired) electrons. The van der Waals surface area contributed by atoms with Crippen LogP contribution in [0.25, 0.3) is 11.5 Å². The average Bonchev–Trinajstić information content (AvgIpc) is 2.84. The fraction of sp³-hybridized carbons (Fsp3) is 0.364. The van der Waals surface area contributed by atoms with E-state index in [1.54, 1.807) is 6.07 Å². The molecule has 1 aliphatic rings. The summed E-state index contributed by atoms with van der Waals surface area (Å²) in [4.78, 5) is 4.50. The van der Waals surface area contributed by atoms with Crippen molar-refractivity contribution in [1.82, 2.24) is 9.55 Å². The van der Waals surface area contributed by atoms with E-state index in [1.807, 2.05) is 12.3 Å². The Bertz CT molecular complexity index is 517. The summed E-state index contributed by atoms with van der Waals surface area (Å²) < 4.78 is 7.43. The first-order valence-electron chi connectivity index (χ1n) is 5.32. The van der Waals surface area contributed by atoms with Gasteiger partial charge < -0.3 is 14.7 Å². The maximum absolute atomic E-state index is 6.00. The third kappa shape index (κ3) is 1.54. The van der Waals surface area contributed by atoms with E-state index in [1.165, 1.54) is 0 Å². The molecule has 1 aliphatic heterocycles. The van der Waals surface area contributed by atoms with Crippen molar-refractivity contribution < 1.29 is 4.42 Å². The Balaban J connectivity index is 2.04. The summed E-state index contributed by atoms with van der Waals surface area (Å²) in [5, 5.41) is 0.380. The second-order valence-electron chi connectivity index (χ2n) is 4.03. The van der Waals surface area contributed by atoms with Crippen LogP contribution in [0.3, 0.4) is 0 Å². The summed E-state index contributed by atoms with van der Waals surface area (Å²) in [6, 6.07) is 3.57. The van der Waals surface area contributed by atoms with Gasteiger partial charge in [-0.05, 0) is 36.6 Å². The van der Waals surface area contributed by atoms with Crippen molar-refractivity contribution in [2.24, 2.45) is 5.73 Å². The lowest BCUT2D eigenvalue weighted by molar-refractivity contribution is 0.451. The zero-order valence-electron chi connectivity index (χ0n) is 8.69. The van der Waals surface area contributed by atoms with Crippen LogP contribution < -0.4 is 5.73 Å². The van der Waals surface area contributed by atoms with Crippen LogP contribution in [0.1, 0.15) is 24.7 Å². The third-order valence-electron chi connectivity index (χ3n) is 2.88. The Hall–Kier alpha value is -1.26. The Labute approximate surface area is 98.0 Å². The monoisotopic (exact) mass is 237 g/mol. The molecule has 1 unspecified atom stereocenters. The highest BCUT2D eigenvalue weighted by atomic mass is 35.5. The summed E-state index contributed by atoms with van der Waals surface area (Å²) in [5.74, 6) is 1.63. The van der Waals surface area contributed by atoms with Crippen molar-refractivity contribution in [2.45, 2.75) is 25.4 Å². The predicted molar refractivity (Wildman–Crippen MR) is 61.1 cm³/mol. The van der Waals surface area contributed by atoms with Gasteiger partial charge in [0.25, 0.3) is 0 Å². The van der Waals surface area contributed by atoms with Crippen LogP contribution in [0.2, 0.25) is 5.22 Å². The van der Waals surface area contributed by atoms with Gasteiger partial charge >= 0.3 is 0 Å². The van der Waals surface area contributed by atoms with E-state index >= 15 is 0 Å². The Morgan fingerprint density at radius 2 is 2.38 bits per heavy atom. The number of aromatic nitrogens is 2. The molecule has 2 aromatic rings. The zero-order valence-corrected chi connectivity index (χ0v) is 9.44. The van der Waals surface area contributed by atoms with Crippen molar-refractivity contribution in [3.8, 4) is 11.5 Å². The quantitative estimate of drug-likeness (QED) is 0.830. The number of nitrogens with two attached hydrogens (primary N) is 1. The SMILES string of the molecule is NC1CCCn2cc(-c3ccc(Cl)o3)nc21. The Kier molecular flexibility index (Phi) is 2.26. The maximum Gasteiger partial charge on any atom is 0.194 e. The van der Waals surface area contributed by atoms with Crippen molar-refractivity contribution >= 4 is 11.6 Å². The van der Waals surface area contributed by atoms with Gasteiger partial charge in [0.05, 0.1) is 6.04 Å². The number of fused-ring (bicyclic) bond motifs is 1. The van der Waals surface area contributed by atoms with E-state index in [0.717, 1.165) is 30.9 Å². The molecule has 4 nitrogen and oxygen atoms in total. The zero-order chi connectivity index (χ0) is 11.1. The predicted octanol–water partition coefficient (Wildman–Crippen LogP) is 2.59. The smallest absolute Gasteiger partial charge is 0.194 e. The lowest BCUT2D eigenvalue weighted by atomic mass is 10.1. The largest absolute Gasteiger partial charge is 0.443 e. The molecule has 84 valence electrons. The molecule has 3 rings (SSSR count). The minimum absolute atomic E-state index is 0.0351. The highest BCUT2D eigenvalue weighted by molar-refractivity contribution is 6.28. The van der Waals surface area contributed by atoms with E-state index < -0.39 is 0 Å². The van der Waals surface area contributed by atoms with Crippen LogP contribution in [-0.2, 0) is 6.54 Å². The van der Waals surface area contributed by atoms with Gasteiger partial charge in [-0.15, -0.1) is 0 Å². The molecule has 3 heterocycles. The van der Waals surface area contributed by atoms with Gasteiger partial charge in [-0.2, -0.15) is 0 Å². The van der Waals surface area contributed by atoms with Crippen LogP contribution in [0.5, 0.6) is 0 Å². The third-order valence-corrected chi connectivity index (χ3v) is 3.08. The Morgan fingerprint density at radius 1 is 1.50 bits per heavy atom. The first-order chi connectivity index (χ1) is 7.74. The molecule has 1 atom stereocenters.